The third-order valence-electron chi connectivity index (χ3n) is 2.58. The largest absolute Gasteiger partial charge is 0.395 e. The summed E-state index contributed by atoms with van der Waals surface area (Å²) in [4.78, 5) is 15.7. The monoisotopic (exact) mass is 223 g/mol. The van der Waals surface area contributed by atoms with Gasteiger partial charge in [0.15, 0.2) is 6.20 Å². The Bertz CT molecular complexity index is 375. The van der Waals surface area contributed by atoms with Gasteiger partial charge in [-0.15, -0.1) is 0 Å². The average molecular weight is 223 g/mol. The van der Waals surface area contributed by atoms with E-state index < -0.39 is 4.92 Å². The van der Waals surface area contributed by atoms with Crippen LogP contribution < -0.4 is 4.90 Å². The molecule has 0 amide bonds. The van der Waals surface area contributed by atoms with Gasteiger partial charge in [0.25, 0.3) is 0 Å². The fourth-order valence-electron chi connectivity index (χ4n) is 1.67. The van der Waals surface area contributed by atoms with Crippen molar-refractivity contribution in [2.75, 3.05) is 18.1 Å². The normalized spacial score (nSPS) is 14.8. The number of pyridine rings is 1. The minimum Gasteiger partial charge on any atom is -0.395 e. The third kappa shape index (κ3) is 2.27. The van der Waals surface area contributed by atoms with Crippen molar-refractivity contribution in [2.24, 2.45) is 0 Å². The van der Waals surface area contributed by atoms with Gasteiger partial charge in [0.1, 0.15) is 0 Å². The van der Waals surface area contributed by atoms with E-state index in [0.717, 1.165) is 18.5 Å². The summed E-state index contributed by atoms with van der Waals surface area (Å²) in [5, 5.41) is 19.4. The summed E-state index contributed by atoms with van der Waals surface area (Å²) in [5.74, 6) is -0.150. The molecule has 1 heterocycles. The van der Waals surface area contributed by atoms with E-state index in [4.69, 9.17) is 5.11 Å². The van der Waals surface area contributed by atoms with Gasteiger partial charge in [-0.2, -0.15) is 0 Å². The van der Waals surface area contributed by atoms with Gasteiger partial charge in [-0.25, -0.2) is 0 Å². The summed E-state index contributed by atoms with van der Waals surface area (Å²) in [5.41, 5.74) is 0.835. The van der Waals surface area contributed by atoms with Crippen LogP contribution in [-0.4, -0.2) is 34.2 Å². The predicted octanol–water partition coefficient (Wildman–Crippen LogP) is 0.951. The van der Waals surface area contributed by atoms with Crippen molar-refractivity contribution >= 4 is 11.5 Å². The first-order valence-electron chi connectivity index (χ1n) is 5.20. The van der Waals surface area contributed by atoms with Gasteiger partial charge in [-0.1, -0.05) is 0 Å². The molecule has 0 aromatic carbocycles. The molecule has 16 heavy (non-hydrogen) atoms. The summed E-state index contributed by atoms with van der Waals surface area (Å²) < 4.78 is 0. The lowest BCUT2D eigenvalue weighted by Gasteiger charge is -2.21. The molecule has 1 aromatic rings. The molecular weight excluding hydrogens is 210 g/mol. The Morgan fingerprint density at radius 1 is 1.56 bits per heavy atom. The highest BCUT2D eigenvalue weighted by molar-refractivity contribution is 5.48. The van der Waals surface area contributed by atoms with E-state index in [2.05, 4.69) is 4.98 Å². The number of aliphatic hydroxyl groups is 1. The van der Waals surface area contributed by atoms with E-state index in [9.17, 15) is 10.1 Å². The highest BCUT2D eigenvalue weighted by Crippen LogP contribution is 2.31. The Kier molecular flexibility index (Phi) is 3.00. The van der Waals surface area contributed by atoms with Crippen LogP contribution >= 0.6 is 0 Å². The summed E-state index contributed by atoms with van der Waals surface area (Å²) >= 11 is 0. The molecule has 1 saturated carbocycles. The number of rotatable bonds is 5. The van der Waals surface area contributed by atoms with Crippen LogP contribution in [0.4, 0.5) is 11.5 Å². The zero-order chi connectivity index (χ0) is 11.5. The van der Waals surface area contributed by atoms with Crippen molar-refractivity contribution in [3.8, 4) is 0 Å². The van der Waals surface area contributed by atoms with E-state index in [1.54, 1.807) is 6.07 Å². The summed E-state index contributed by atoms with van der Waals surface area (Å²) in [6.07, 6.45) is 3.71. The van der Waals surface area contributed by atoms with Gasteiger partial charge in [0, 0.05) is 18.7 Å². The number of nitro groups is 1. The number of nitrogens with zero attached hydrogens (tertiary/aromatic N) is 3. The summed E-state index contributed by atoms with van der Waals surface area (Å²) in [6, 6.07) is 3.52. The van der Waals surface area contributed by atoms with Crippen LogP contribution in [0.3, 0.4) is 0 Å². The Morgan fingerprint density at radius 3 is 2.75 bits per heavy atom. The first-order valence-corrected chi connectivity index (χ1v) is 5.20. The third-order valence-corrected chi connectivity index (χ3v) is 2.58. The Morgan fingerprint density at radius 2 is 2.31 bits per heavy atom. The number of aliphatic hydroxyl groups excluding tert-OH is 1. The van der Waals surface area contributed by atoms with E-state index in [-0.39, 0.29) is 12.4 Å². The lowest BCUT2D eigenvalue weighted by atomic mass is 10.3. The maximum absolute atomic E-state index is 10.4. The molecule has 0 saturated heterocycles. The molecule has 1 fully saturated rings. The highest BCUT2D eigenvalue weighted by atomic mass is 16.6. The van der Waals surface area contributed by atoms with Crippen LogP contribution in [0, 0.1) is 10.1 Å². The van der Waals surface area contributed by atoms with E-state index in [1.807, 2.05) is 4.90 Å². The number of anilines is 1. The molecule has 1 aromatic heterocycles. The molecule has 1 N–H and O–H groups in total. The van der Waals surface area contributed by atoms with Crippen LogP contribution in [0.5, 0.6) is 0 Å². The van der Waals surface area contributed by atoms with Crippen molar-refractivity contribution < 1.29 is 10.0 Å². The van der Waals surface area contributed by atoms with Crippen molar-refractivity contribution in [1.82, 2.24) is 4.98 Å². The first kappa shape index (κ1) is 10.8. The fraction of sp³-hybridized carbons (Fsp3) is 0.500. The molecule has 1 aliphatic rings. The zero-order valence-corrected chi connectivity index (χ0v) is 8.74. The summed E-state index contributed by atoms with van der Waals surface area (Å²) in [7, 11) is 0. The molecule has 0 atom stereocenters. The Hall–Kier alpha value is -1.69. The van der Waals surface area contributed by atoms with Gasteiger partial charge in [-0.3, -0.25) is 0 Å². The van der Waals surface area contributed by atoms with Crippen LogP contribution in [0.2, 0.25) is 0 Å². The maximum atomic E-state index is 10.4. The van der Waals surface area contributed by atoms with Crippen molar-refractivity contribution in [3.63, 3.8) is 0 Å². The Balaban J connectivity index is 2.14. The number of hydrogen-bond acceptors (Lipinski definition) is 5. The van der Waals surface area contributed by atoms with E-state index >= 15 is 0 Å². The molecule has 0 radical (unpaired) electrons. The van der Waals surface area contributed by atoms with Gasteiger partial charge < -0.3 is 20.1 Å². The van der Waals surface area contributed by atoms with Crippen LogP contribution in [0.25, 0.3) is 0 Å². The molecule has 0 aliphatic heterocycles. The molecule has 0 spiro atoms. The van der Waals surface area contributed by atoms with Crippen LogP contribution in [-0.2, 0) is 0 Å². The molecule has 0 bridgehead atoms. The maximum Gasteiger partial charge on any atom is 0.363 e. The smallest absolute Gasteiger partial charge is 0.363 e. The molecular formula is C10H13N3O3. The van der Waals surface area contributed by atoms with Crippen LogP contribution in [0.15, 0.2) is 18.3 Å². The SMILES string of the molecule is O=[N+]([O-])c1ccc(N(CCO)C2CC2)cn1. The second kappa shape index (κ2) is 4.44. The average Bonchev–Trinajstić information content (AvgIpc) is 3.10. The second-order valence-electron chi connectivity index (χ2n) is 3.78. The fourth-order valence-corrected chi connectivity index (χ4v) is 1.67. The second-order valence-corrected chi connectivity index (χ2v) is 3.78. The minimum atomic E-state index is -0.517. The van der Waals surface area contributed by atoms with Crippen molar-refractivity contribution in [2.45, 2.75) is 18.9 Å². The van der Waals surface area contributed by atoms with Gasteiger partial charge >= 0.3 is 5.82 Å². The van der Waals surface area contributed by atoms with E-state index in [0.29, 0.717) is 12.6 Å². The van der Waals surface area contributed by atoms with Crippen molar-refractivity contribution in [3.05, 3.63) is 28.4 Å². The van der Waals surface area contributed by atoms with Gasteiger partial charge in [0.05, 0.1) is 12.3 Å². The lowest BCUT2D eigenvalue weighted by molar-refractivity contribution is -0.389. The van der Waals surface area contributed by atoms with Gasteiger partial charge in [0.2, 0.25) is 0 Å². The van der Waals surface area contributed by atoms with E-state index in [1.165, 1.54) is 12.3 Å². The minimum absolute atomic E-state index is 0.0769. The highest BCUT2D eigenvalue weighted by Gasteiger charge is 2.29. The topological polar surface area (TPSA) is 79.5 Å². The van der Waals surface area contributed by atoms with Crippen LogP contribution in [0.1, 0.15) is 12.8 Å². The van der Waals surface area contributed by atoms with Crippen molar-refractivity contribution in [1.29, 1.82) is 0 Å². The predicted molar refractivity (Wildman–Crippen MR) is 58.3 cm³/mol. The summed E-state index contributed by atoms with van der Waals surface area (Å²) in [6.45, 7) is 0.623. The molecule has 6 heteroatoms. The standard InChI is InChI=1S/C10H13N3O3/c14-6-5-12(8-1-2-8)9-3-4-10(11-7-9)13(15)16/h3-4,7-8,14H,1-2,5-6H2. The quantitative estimate of drug-likeness (QED) is 0.593. The Labute approximate surface area is 92.7 Å². The zero-order valence-electron chi connectivity index (χ0n) is 8.74. The molecule has 2 rings (SSSR count). The molecule has 86 valence electrons. The molecule has 0 unspecified atom stereocenters. The number of aromatic nitrogens is 1. The van der Waals surface area contributed by atoms with Gasteiger partial charge in [-0.05, 0) is 28.8 Å². The molecule has 1 aliphatic carbocycles. The number of hydrogen-bond donors (Lipinski definition) is 1. The first-order chi connectivity index (χ1) is 7.72. The lowest BCUT2D eigenvalue weighted by Crippen LogP contribution is -2.28. The molecule has 6 nitrogen and oxygen atoms in total.